The summed E-state index contributed by atoms with van der Waals surface area (Å²) in [5, 5.41) is 9.96. The smallest absolute Gasteiger partial charge is 0.257 e. The molecular formula is C14H21ClF2N4O. The number of rotatable bonds is 4. The number of carbonyl (C=O) groups excluding carboxylic acids is 1. The maximum atomic E-state index is 12.2. The first-order valence-electron chi connectivity index (χ1n) is 7.49. The molecule has 0 aromatic carbocycles. The number of hydrogen-bond acceptors (Lipinski definition) is 3. The predicted octanol–water partition coefficient (Wildman–Crippen LogP) is 2.43. The molecule has 2 heterocycles. The van der Waals surface area contributed by atoms with Crippen molar-refractivity contribution < 1.29 is 13.6 Å². The van der Waals surface area contributed by atoms with E-state index in [4.69, 9.17) is 0 Å². The van der Waals surface area contributed by atoms with Crippen LogP contribution < -0.4 is 10.6 Å². The summed E-state index contributed by atoms with van der Waals surface area (Å²) in [6.45, 7) is -0.457. The van der Waals surface area contributed by atoms with Crippen molar-refractivity contribution in [2.24, 2.45) is 5.92 Å². The molecule has 1 aliphatic carbocycles. The monoisotopic (exact) mass is 334 g/mol. The first kappa shape index (κ1) is 17.1. The van der Waals surface area contributed by atoms with Crippen LogP contribution in [0.2, 0.25) is 0 Å². The zero-order valence-corrected chi connectivity index (χ0v) is 13.0. The van der Waals surface area contributed by atoms with Gasteiger partial charge in [-0.3, -0.25) is 9.48 Å². The third-order valence-electron chi connectivity index (χ3n) is 4.41. The van der Waals surface area contributed by atoms with E-state index in [0.717, 1.165) is 17.5 Å². The van der Waals surface area contributed by atoms with Gasteiger partial charge in [0.15, 0.2) is 0 Å². The molecule has 3 atom stereocenters. The van der Waals surface area contributed by atoms with Gasteiger partial charge in [-0.1, -0.05) is 12.8 Å². The molecule has 2 fully saturated rings. The van der Waals surface area contributed by atoms with Crippen LogP contribution in [0.1, 0.15) is 32.1 Å². The molecule has 1 aromatic rings. The molecular weight excluding hydrogens is 314 g/mol. The number of carbonyl (C=O) groups is 1. The summed E-state index contributed by atoms with van der Waals surface area (Å²) in [6, 6.07) is 0.271. The fourth-order valence-electron chi connectivity index (χ4n) is 3.42. The average Bonchev–Trinajstić information content (AvgIpc) is 3.04. The summed E-state index contributed by atoms with van der Waals surface area (Å²) < 4.78 is 25.6. The molecule has 0 spiro atoms. The Labute approximate surface area is 134 Å². The molecule has 1 saturated carbocycles. The van der Waals surface area contributed by atoms with Gasteiger partial charge >= 0.3 is 0 Å². The Balaban J connectivity index is 0.00000176. The third-order valence-corrected chi connectivity index (χ3v) is 4.41. The lowest BCUT2D eigenvalue weighted by Crippen LogP contribution is -2.39. The van der Waals surface area contributed by atoms with Gasteiger partial charge in [0.25, 0.3) is 6.43 Å². The van der Waals surface area contributed by atoms with Crippen molar-refractivity contribution in [1.29, 1.82) is 0 Å². The van der Waals surface area contributed by atoms with E-state index < -0.39 is 13.0 Å². The number of aromatic nitrogens is 2. The lowest BCUT2D eigenvalue weighted by atomic mass is 9.85. The second-order valence-electron chi connectivity index (χ2n) is 5.94. The number of alkyl halides is 2. The predicted molar refractivity (Wildman–Crippen MR) is 81.4 cm³/mol. The van der Waals surface area contributed by atoms with Crippen LogP contribution in [-0.2, 0) is 11.3 Å². The standard InChI is InChI=1S/C14H20F2N4O.ClH/c15-13(16)8-20-7-10(6-17-20)18-14(21)12-5-9-3-1-2-4-11(9)19-12;/h6-7,9,11-13,19H,1-5,8H2,(H,18,21);1H. The molecule has 3 rings (SSSR count). The SMILES string of the molecule is Cl.O=C(Nc1cnn(CC(F)F)c1)C1CC2CCCCC2N1. The topological polar surface area (TPSA) is 59.0 Å². The Morgan fingerprint density at radius 2 is 2.23 bits per heavy atom. The van der Waals surface area contributed by atoms with Gasteiger partial charge in [0.05, 0.1) is 17.9 Å². The Kier molecular flexibility index (Phi) is 5.74. The Morgan fingerprint density at radius 3 is 2.95 bits per heavy atom. The normalized spacial score (nSPS) is 27.3. The number of amides is 1. The van der Waals surface area contributed by atoms with Crippen LogP contribution in [0.3, 0.4) is 0 Å². The quantitative estimate of drug-likeness (QED) is 0.889. The third kappa shape index (κ3) is 3.95. The Bertz CT molecular complexity index is 497. The minimum absolute atomic E-state index is 0. The van der Waals surface area contributed by atoms with Crippen LogP contribution in [0.15, 0.2) is 12.4 Å². The summed E-state index contributed by atoms with van der Waals surface area (Å²) in [5.74, 6) is 0.497. The minimum atomic E-state index is -2.45. The molecule has 2 aliphatic rings. The van der Waals surface area contributed by atoms with E-state index in [9.17, 15) is 13.6 Å². The van der Waals surface area contributed by atoms with Crippen LogP contribution in [0.25, 0.3) is 0 Å². The van der Waals surface area contributed by atoms with Crippen LogP contribution in [-0.4, -0.2) is 34.2 Å². The van der Waals surface area contributed by atoms with E-state index in [1.54, 1.807) is 0 Å². The second-order valence-corrected chi connectivity index (χ2v) is 5.94. The fraction of sp³-hybridized carbons (Fsp3) is 0.714. The van der Waals surface area contributed by atoms with Crippen LogP contribution in [0.5, 0.6) is 0 Å². The van der Waals surface area contributed by atoms with Crippen molar-refractivity contribution in [3.63, 3.8) is 0 Å². The maximum Gasteiger partial charge on any atom is 0.257 e. The zero-order valence-electron chi connectivity index (χ0n) is 12.2. The highest BCUT2D eigenvalue weighted by atomic mass is 35.5. The van der Waals surface area contributed by atoms with Gasteiger partial charge in [0.2, 0.25) is 5.91 Å². The highest BCUT2D eigenvalue weighted by molar-refractivity contribution is 5.94. The minimum Gasteiger partial charge on any atom is -0.322 e. The van der Waals surface area contributed by atoms with E-state index >= 15 is 0 Å². The van der Waals surface area contributed by atoms with E-state index in [-0.39, 0.29) is 24.4 Å². The van der Waals surface area contributed by atoms with Gasteiger partial charge in [0, 0.05) is 12.2 Å². The first-order chi connectivity index (χ1) is 10.1. The number of nitrogens with one attached hydrogen (secondary N) is 2. The molecule has 1 saturated heterocycles. The van der Waals surface area contributed by atoms with Crippen molar-refractivity contribution in [3.05, 3.63) is 12.4 Å². The van der Waals surface area contributed by atoms with E-state index in [0.29, 0.717) is 17.6 Å². The number of halogens is 3. The molecule has 124 valence electrons. The van der Waals surface area contributed by atoms with Crippen LogP contribution in [0, 0.1) is 5.92 Å². The summed E-state index contributed by atoms with van der Waals surface area (Å²) >= 11 is 0. The largest absolute Gasteiger partial charge is 0.322 e. The lowest BCUT2D eigenvalue weighted by Gasteiger charge is -2.24. The molecule has 8 heteroatoms. The molecule has 2 N–H and O–H groups in total. The Hall–Kier alpha value is -1.21. The zero-order chi connectivity index (χ0) is 14.8. The van der Waals surface area contributed by atoms with Gasteiger partial charge in [-0.2, -0.15) is 5.10 Å². The summed E-state index contributed by atoms with van der Waals surface area (Å²) in [4.78, 5) is 12.2. The van der Waals surface area contributed by atoms with Crippen molar-refractivity contribution >= 4 is 24.0 Å². The van der Waals surface area contributed by atoms with Crippen molar-refractivity contribution in [2.75, 3.05) is 5.32 Å². The van der Waals surface area contributed by atoms with Gasteiger partial charge < -0.3 is 10.6 Å². The molecule has 22 heavy (non-hydrogen) atoms. The number of fused-ring (bicyclic) bond motifs is 1. The first-order valence-corrected chi connectivity index (χ1v) is 7.49. The van der Waals surface area contributed by atoms with Crippen molar-refractivity contribution in [2.45, 2.75) is 57.2 Å². The maximum absolute atomic E-state index is 12.2. The Morgan fingerprint density at radius 1 is 1.45 bits per heavy atom. The van der Waals surface area contributed by atoms with E-state index in [1.165, 1.54) is 31.7 Å². The average molecular weight is 335 g/mol. The highest BCUT2D eigenvalue weighted by Crippen LogP contribution is 2.33. The van der Waals surface area contributed by atoms with Crippen molar-refractivity contribution in [3.8, 4) is 0 Å². The van der Waals surface area contributed by atoms with Crippen LogP contribution >= 0.6 is 12.4 Å². The van der Waals surface area contributed by atoms with Gasteiger partial charge in [-0.15, -0.1) is 12.4 Å². The molecule has 1 aromatic heterocycles. The number of anilines is 1. The van der Waals surface area contributed by atoms with E-state index in [2.05, 4.69) is 15.7 Å². The van der Waals surface area contributed by atoms with Gasteiger partial charge in [-0.05, 0) is 25.2 Å². The van der Waals surface area contributed by atoms with Gasteiger partial charge in [-0.25, -0.2) is 8.78 Å². The number of hydrogen-bond donors (Lipinski definition) is 2. The summed E-state index contributed by atoms with van der Waals surface area (Å²) in [6.07, 6.45) is 6.05. The molecule has 1 amide bonds. The molecule has 0 radical (unpaired) electrons. The van der Waals surface area contributed by atoms with E-state index in [1.807, 2.05) is 0 Å². The fourth-order valence-corrected chi connectivity index (χ4v) is 3.42. The van der Waals surface area contributed by atoms with Gasteiger partial charge in [0.1, 0.15) is 6.54 Å². The molecule has 0 bridgehead atoms. The number of nitrogens with zero attached hydrogens (tertiary/aromatic N) is 2. The summed E-state index contributed by atoms with van der Waals surface area (Å²) in [5.41, 5.74) is 0.470. The second kappa shape index (κ2) is 7.37. The molecule has 5 nitrogen and oxygen atoms in total. The van der Waals surface area contributed by atoms with Crippen LogP contribution in [0.4, 0.5) is 14.5 Å². The summed E-state index contributed by atoms with van der Waals surface area (Å²) in [7, 11) is 0. The van der Waals surface area contributed by atoms with Crippen molar-refractivity contribution in [1.82, 2.24) is 15.1 Å². The lowest BCUT2D eigenvalue weighted by molar-refractivity contribution is -0.117. The molecule has 3 unspecified atom stereocenters. The highest BCUT2D eigenvalue weighted by Gasteiger charge is 2.38. The molecule has 1 aliphatic heterocycles.